The predicted molar refractivity (Wildman–Crippen MR) is 176 cm³/mol. The summed E-state index contributed by atoms with van der Waals surface area (Å²) in [6, 6.07) is 7.31. The van der Waals surface area contributed by atoms with Gasteiger partial charge in [0.2, 0.25) is 5.91 Å². The van der Waals surface area contributed by atoms with Crippen LogP contribution in [0.2, 0.25) is 0 Å². The average Bonchev–Trinajstić information content (AvgIpc) is 3.38. The van der Waals surface area contributed by atoms with Gasteiger partial charge in [0, 0.05) is 39.3 Å². The number of esters is 1. The van der Waals surface area contributed by atoms with Gasteiger partial charge in [-0.3, -0.25) is 24.0 Å². The van der Waals surface area contributed by atoms with Gasteiger partial charge in [0.1, 0.15) is 11.7 Å². The molecule has 4 rings (SSSR count). The first kappa shape index (κ1) is 34.9. The third-order valence-corrected chi connectivity index (χ3v) is 8.30. The van der Waals surface area contributed by atoms with Crippen molar-refractivity contribution in [3.8, 4) is 6.01 Å². The van der Waals surface area contributed by atoms with Crippen LogP contribution in [0.5, 0.6) is 6.01 Å². The maximum absolute atomic E-state index is 13.7. The number of H-pyrrole nitrogens is 1. The number of nitrogens with zero attached hydrogens (tertiary/aromatic N) is 6. The molecule has 4 N–H and O–H groups in total. The number of ether oxygens (including phenoxy) is 2. The van der Waals surface area contributed by atoms with Gasteiger partial charge in [-0.1, -0.05) is 51.0 Å². The molecule has 0 bridgehead atoms. The number of aromatic amines is 1. The number of nitrogens with one attached hydrogen (secondary N) is 2. The van der Waals surface area contributed by atoms with Crippen molar-refractivity contribution in [3.05, 3.63) is 45.9 Å². The molecule has 2 unspecified atom stereocenters. The average molecular weight is 640 g/mol. The van der Waals surface area contributed by atoms with E-state index in [4.69, 9.17) is 15.2 Å². The quantitative estimate of drug-likeness (QED) is 0.155. The first-order valence-corrected chi connectivity index (χ1v) is 16.1. The fourth-order valence-electron chi connectivity index (χ4n) is 5.66. The minimum absolute atomic E-state index is 0.0644. The van der Waals surface area contributed by atoms with E-state index < -0.39 is 6.17 Å². The molecule has 252 valence electrons. The number of nitrogens with two attached hydrogens (primary N) is 1. The Morgan fingerprint density at radius 3 is 2.54 bits per heavy atom. The van der Waals surface area contributed by atoms with Crippen LogP contribution in [0.25, 0.3) is 11.2 Å². The van der Waals surface area contributed by atoms with Crippen LogP contribution >= 0.6 is 0 Å². The van der Waals surface area contributed by atoms with Crippen molar-refractivity contribution >= 4 is 28.9 Å². The Morgan fingerprint density at radius 1 is 1.13 bits per heavy atom. The van der Waals surface area contributed by atoms with E-state index in [0.717, 1.165) is 43.5 Å². The zero-order valence-corrected chi connectivity index (χ0v) is 27.8. The number of hydrogen-bond acceptors (Lipinski definition) is 11. The normalized spacial score (nSPS) is 16.5. The van der Waals surface area contributed by atoms with Gasteiger partial charge in [0.15, 0.2) is 11.5 Å². The zero-order chi connectivity index (χ0) is 33.2. The number of likely N-dealkylation sites (N-methyl/N-ethyl adjacent to an activating group) is 1. The number of nitrogen functional groups attached to an aromatic ring is 1. The Hall–Kier alpha value is -4.01. The SMILES string of the molecule is CCCCOc1nc(N)c2[nH]c(=O)n(C3CN(C(CCC)C(=O)NCc4ccc(CC(=O)OC)cc4)CCN3CCN(C)C)c2n1. The number of amides is 1. The molecule has 1 saturated heterocycles. The first-order chi connectivity index (χ1) is 22.1. The van der Waals surface area contributed by atoms with Crippen LogP contribution in [0.4, 0.5) is 5.82 Å². The number of fused-ring (bicyclic) bond motifs is 1. The third kappa shape index (κ3) is 8.83. The lowest BCUT2D eigenvalue weighted by Gasteiger charge is -2.44. The van der Waals surface area contributed by atoms with Crippen molar-refractivity contribution in [1.82, 2.24) is 39.5 Å². The van der Waals surface area contributed by atoms with Crippen LogP contribution in [0.15, 0.2) is 29.1 Å². The number of aromatic nitrogens is 4. The van der Waals surface area contributed by atoms with E-state index in [-0.39, 0.29) is 41.9 Å². The smallest absolute Gasteiger partial charge is 0.329 e. The second-order valence-corrected chi connectivity index (χ2v) is 12.0. The Morgan fingerprint density at radius 2 is 1.87 bits per heavy atom. The van der Waals surface area contributed by atoms with E-state index in [1.807, 2.05) is 38.4 Å². The molecule has 1 aliphatic heterocycles. The summed E-state index contributed by atoms with van der Waals surface area (Å²) in [6.07, 6.45) is 3.10. The second kappa shape index (κ2) is 16.5. The molecule has 2 atom stereocenters. The molecule has 14 nitrogen and oxygen atoms in total. The van der Waals surface area contributed by atoms with Gasteiger partial charge in [-0.05, 0) is 38.1 Å². The maximum Gasteiger partial charge on any atom is 0.329 e. The van der Waals surface area contributed by atoms with Gasteiger partial charge in [-0.25, -0.2) is 4.79 Å². The number of imidazole rings is 1. The number of piperazine rings is 1. The number of carbonyl (C=O) groups excluding carboxylic acids is 2. The monoisotopic (exact) mass is 639 g/mol. The predicted octanol–water partition coefficient (Wildman–Crippen LogP) is 1.76. The molecule has 46 heavy (non-hydrogen) atoms. The standard InChI is InChI=1S/C32H49N9O5/c1-6-8-18-46-31-36-28(33)27-29(37-31)41(32(44)35-27)25-21-40(17-16-39(25)15-14-38(3)4)24(9-7-2)30(43)34-20-23-12-10-22(11-13-23)19-26(42)45-5/h10-13,24-25H,6-9,14-21H2,1-5H3,(H,34,43)(H,35,44)(H2,33,36,37). The Balaban J connectivity index is 1.57. The van der Waals surface area contributed by atoms with Crippen LogP contribution in [-0.2, 0) is 27.3 Å². The second-order valence-electron chi connectivity index (χ2n) is 12.0. The molecule has 1 fully saturated rings. The fraction of sp³-hybridized carbons (Fsp3) is 0.594. The summed E-state index contributed by atoms with van der Waals surface area (Å²) in [4.78, 5) is 57.1. The third-order valence-electron chi connectivity index (χ3n) is 8.30. The number of carbonyl (C=O) groups is 2. The maximum atomic E-state index is 13.7. The van der Waals surface area contributed by atoms with E-state index in [1.54, 1.807) is 4.57 Å². The topological polar surface area (TPSA) is 164 Å². The van der Waals surface area contributed by atoms with Crippen LogP contribution in [-0.4, -0.2) is 113 Å². The van der Waals surface area contributed by atoms with Crippen molar-refractivity contribution in [2.24, 2.45) is 0 Å². The number of methoxy groups -OCH3 is 1. The lowest BCUT2D eigenvalue weighted by molar-refractivity contribution is -0.139. The highest BCUT2D eigenvalue weighted by atomic mass is 16.5. The number of anilines is 1. The van der Waals surface area contributed by atoms with Gasteiger partial charge in [-0.15, -0.1) is 0 Å². The van der Waals surface area contributed by atoms with Gasteiger partial charge >= 0.3 is 17.7 Å². The molecular formula is C32H49N9O5. The molecule has 1 amide bonds. The van der Waals surface area contributed by atoms with Crippen LogP contribution in [0, 0.1) is 0 Å². The fourth-order valence-corrected chi connectivity index (χ4v) is 5.66. The number of unbranched alkanes of at least 4 members (excludes halogenated alkanes) is 1. The van der Waals surface area contributed by atoms with Gasteiger partial charge in [0.25, 0.3) is 0 Å². The van der Waals surface area contributed by atoms with Gasteiger partial charge in [0.05, 0.1) is 26.2 Å². The molecule has 0 aliphatic carbocycles. The largest absolute Gasteiger partial charge is 0.469 e. The molecule has 0 saturated carbocycles. The van der Waals surface area contributed by atoms with E-state index in [1.165, 1.54) is 7.11 Å². The molecule has 3 aromatic rings. The van der Waals surface area contributed by atoms with Crippen LogP contribution < -0.4 is 21.5 Å². The molecule has 1 aromatic carbocycles. The Bertz CT molecular complexity index is 1500. The van der Waals surface area contributed by atoms with Crippen LogP contribution in [0.1, 0.15) is 56.8 Å². The van der Waals surface area contributed by atoms with Crippen molar-refractivity contribution in [2.45, 2.75) is 64.7 Å². The Kier molecular flexibility index (Phi) is 12.5. The minimum atomic E-state index is -0.401. The van der Waals surface area contributed by atoms with Crippen molar-refractivity contribution in [1.29, 1.82) is 0 Å². The zero-order valence-electron chi connectivity index (χ0n) is 27.8. The van der Waals surface area contributed by atoms with Crippen molar-refractivity contribution in [2.75, 3.05) is 66.3 Å². The number of benzene rings is 1. The molecular weight excluding hydrogens is 590 g/mol. The van der Waals surface area contributed by atoms with Crippen molar-refractivity contribution in [3.63, 3.8) is 0 Å². The van der Waals surface area contributed by atoms with E-state index in [9.17, 15) is 14.4 Å². The van der Waals surface area contributed by atoms with Crippen LogP contribution in [0.3, 0.4) is 0 Å². The summed E-state index contributed by atoms with van der Waals surface area (Å²) in [5.74, 6) is -0.206. The first-order valence-electron chi connectivity index (χ1n) is 16.1. The molecule has 14 heteroatoms. The summed E-state index contributed by atoms with van der Waals surface area (Å²) >= 11 is 0. The summed E-state index contributed by atoms with van der Waals surface area (Å²) in [6.45, 7) is 8.24. The van der Waals surface area contributed by atoms with Crippen molar-refractivity contribution < 1.29 is 19.1 Å². The summed E-state index contributed by atoms with van der Waals surface area (Å²) in [7, 11) is 5.41. The molecule has 0 spiro atoms. The lowest BCUT2D eigenvalue weighted by atomic mass is 10.1. The number of rotatable bonds is 16. The molecule has 2 aromatic heterocycles. The minimum Gasteiger partial charge on any atom is -0.469 e. The highest BCUT2D eigenvalue weighted by Crippen LogP contribution is 2.27. The van der Waals surface area contributed by atoms with E-state index in [2.05, 4.69) is 48.8 Å². The molecule has 3 heterocycles. The van der Waals surface area contributed by atoms with E-state index >= 15 is 0 Å². The number of hydrogen-bond donors (Lipinski definition) is 3. The molecule has 1 aliphatic rings. The lowest BCUT2D eigenvalue weighted by Crippen LogP contribution is -2.58. The highest BCUT2D eigenvalue weighted by Gasteiger charge is 2.36. The highest BCUT2D eigenvalue weighted by molar-refractivity contribution is 5.82. The van der Waals surface area contributed by atoms with Gasteiger partial charge < -0.3 is 30.4 Å². The summed E-state index contributed by atoms with van der Waals surface area (Å²) in [5, 5.41) is 3.11. The molecule has 0 radical (unpaired) electrons. The summed E-state index contributed by atoms with van der Waals surface area (Å²) in [5.41, 5.74) is 8.47. The Labute approximate surface area is 270 Å². The van der Waals surface area contributed by atoms with Gasteiger partial charge in [-0.2, -0.15) is 9.97 Å². The van der Waals surface area contributed by atoms with E-state index in [0.29, 0.717) is 50.4 Å². The summed E-state index contributed by atoms with van der Waals surface area (Å²) < 4.78 is 12.2.